The number of ether oxygens (including phenoxy) is 1. The number of hydrogen-bond donors (Lipinski definition) is 1. The van der Waals surface area contributed by atoms with Crippen LogP contribution in [-0.2, 0) is 13.0 Å². The molecule has 4 nitrogen and oxygen atoms in total. The molecule has 3 rings (SSSR count). The first-order chi connectivity index (χ1) is 10.9. The molecular formula is C18H17NO3. The third kappa shape index (κ3) is 3.35. The molecule has 0 amide bonds. The Balaban J connectivity index is 1.71. The second-order valence-corrected chi connectivity index (χ2v) is 4.92. The predicted molar refractivity (Wildman–Crippen MR) is 83.5 cm³/mol. The van der Waals surface area contributed by atoms with E-state index < -0.39 is 0 Å². The third-order valence-electron chi connectivity index (χ3n) is 3.36. The van der Waals surface area contributed by atoms with Gasteiger partial charge in [0.05, 0.1) is 18.8 Å². The maximum atomic E-state index is 9.08. The largest absolute Gasteiger partial charge is 0.492 e. The van der Waals surface area contributed by atoms with Crippen molar-refractivity contribution in [3.05, 3.63) is 71.9 Å². The zero-order chi connectivity index (χ0) is 15.2. The maximum absolute atomic E-state index is 9.08. The van der Waals surface area contributed by atoms with E-state index in [1.165, 1.54) is 5.56 Å². The highest BCUT2D eigenvalue weighted by molar-refractivity contribution is 5.65. The summed E-state index contributed by atoms with van der Waals surface area (Å²) in [7, 11) is 0. The van der Waals surface area contributed by atoms with Crippen LogP contribution in [0.5, 0.6) is 5.75 Å². The number of rotatable bonds is 6. The number of aromatic nitrogens is 1. The minimum Gasteiger partial charge on any atom is -0.492 e. The Hall–Kier alpha value is -2.59. The summed E-state index contributed by atoms with van der Waals surface area (Å²) in [6.07, 6.45) is 0.841. The Morgan fingerprint density at radius 2 is 1.77 bits per heavy atom. The molecule has 0 spiro atoms. The molecule has 3 aromatic rings. The van der Waals surface area contributed by atoms with Gasteiger partial charge in [0.25, 0.3) is 0 Å². The molecule has 0 aliphatic carbocycles. The van der Waals surface area contributed by atoms with Crippen molar-refractivity contribution < 1.29 is 14.4 Å². The van der Waals surface area contributed by atoms with E-state index in [-0.39, 0.29) is 6.61 Å². The lowest BCUT2D eigenvalue weighted by Gasteiger charge is -2.09. The molecule has 2 aromatic carbocycles. The van der Waals surface area contributed by atoms with Crippen LogP contribution < -0.4 is 4.74 Å². The molecule has 0 saturated heterocycles. The van der Waals surface area contributed by atoms with Gasteiger partial charge in [0.2, 0.25) is 0 Å². The molecule has 0 atom stereocenters. The van der Waals surface area contributed by atoms with E-state index in [0.29, 0.717) is 18.1 Å². The highest BCUT2D eigenvalue weighted by Crippen LogP contribution is 2.30. The lowest BCUT2D eigenvalue weighted by atomic mass is 10.1. The van der Waals surface area contributed by atoms with Crippen molar-refractivity contribution in [3.8, 4) is 17.1 Å². The van der Waals surface area contributed by atoms with Crippen molar-refractivity contribution in [2.45, 2.75) is 13.0 Å². The molecule has 0 saturated carbocycles. The topological polar surface area (TPSA) is 55.5 Å². The van der Waals surface area contributed by atoms with Gasteiger partial charge in [-0.25, -0.2) is 0 Å². The van der Waals surface area contributed by atoms with Gasteiger partial charge in [-0.2, -0.15) is 0 Å². The number of nitrogens with zero attached hydrogens (tertiary/aromatic N) is 1. The first kappa shape index (κ1) is 14.4. The van der Waals surface area contributed by atoms with Crippen molar-refractivity contribution in [3.63, 3.8) is 0 Å². The average Bonchev–Trinajstić information content (AvgIpc) is 3.05. The fourth-order valence-electron chi connectivity index (χ4n) is 2.23. The lowest BCUT2D eigenvalue weighted by molar-refractivity contribution is 0.267. The minimum atomic E-state index is -0.138. The summed E-state index contributed by atoms with van der Waals surface area (Å²) in [6, 6.07) is 19.6. The molecular weight excluding hydrogens is 278 g/mol. The summed E-state index contributed by atoms with van der Waals surface area (Å²) in [5.41, 5.74) is 2.58. The van der Waals surface area contributed by atoms with E-state index in [1.54, 1.807) is 6.07 Å². The van der Waals surface area contributed by atoms with Crippen LogP contribution in [0.2, 0.25) is 0 Å². The predicted octanol–water partition coefficient (Wildman–Crippen LogP) is 3.46. The van der Waals surface area contributed by atoms with Crippen LogP contribution in [0.4, 0.5) is 0 Å². The van der Waals surface area contributed by atoms with Gasteiger partial charge in [0, 0.05) is 12.5 Å². The van der Waals surface area contributed by atoms with Gasteiger partial charge in [-0.3, -0.25) is 0 Å². The molecule has 0 aliphatic heterocycles. The molecule has 0 fully saturated rings. The third-order valence-corrected chi connectivity index (χ3v) is 3.36. The molecule has 0 aliphatic rings. The first-order valence-electron chi connectivity index (χ1n) is 7.19. The summed E-state index contributed by atoms with van der Waals surface area (Å²) in [5, 5.41) is 12.9. The van der Waals surface area contributed by atoms with Crippen molar-refractivity contribution in [2.75, 3.05) is 6.61 Å². The first-order valence-corrected chi connectivity index (χ1v) is 7.19. The standard InChI is InChI=1S/C18H17NO3/c20-13-15-12-18(22-19-15)16-8-4-5-9-17(16)21-11-10-14-6-2-1-3-7-14/h1-9,12,20H,10-11,13H2. The van der Waals surface area contributed by atoms with E-state index in [0.717, 1.165) is 17.7 Å². The Bertz CT molecular complexity index is 722. The molecule has 4 heteroatoms. The Morgan fingerprint density at radius 3 is 2.55 bits per heavy atom. The van der Waals surface area contributed by atoms with Crippen molar-refractivity contribution in [2.24, 2.45) is 0 Å². The highest BCUT2D eigenvalue weighted by atomic mass is 16.5. The van der Waals surface area contributed by atoms with Crippen molar-refractivity contribution in [1.82, 2.24) is 5.16 Å². The SMILES string of the molecule is OCc1cc(-c2ccccc2OCCc2ccccc2)on1. The molecule has 0 radical (unpaired) electrons. The van der Waals surface area contributed by atoms with Gasteiger partial charge in [0.1, 0.15) is 11.4 Å². The second-order valence-electron chi connectivity index (χ2n) is 4.92. The van der Waals surface area contributed by atoms with Crippen LogP contribution in [0.15, 0.2) is 65.2 Å². The highest BCUT2D eigenvalue weighted by Gasteiger charge is 2.11. The summed E-state index contributed by atoms with van der Waals surface area (Å²) in [4.78, 5) is 0. The Labute approximate surface area is 129 Å². The van der Waals surface area contributed by atoms with Gasteiger partial charge in [-0.05, 0) is 17.7 Å². The minimum absolute atomic E-state index is 0.138. The summed E-state index contributed by atoms with van der Waals surface area (Å²) < 4.78 is 11.1. The second kappa shape index (κ2) is 6.91. The monoisotopic (exact) mass is 295 g/mol. The number of aliphatic hydroxyl groups excluding tert-OH is 1. The Kier molecular flexibility index (Phi) is 4.51. The fourth-order valence-corrected chi connectivity index (χ4v) is 2.23. The van der Waals surface area contributed by atoms with Crippen LogP contribution in [0.3, 0.4) is 0 Å². The van der Waals surface area contributed by atoms with Gasteiger partial charge in [-0.15, -0.1) is 0 Å². The molecule has 1 heterocycles. The normalized spacial score (nSPS) is 10.6. The number of para-hydroxylation sites is 1. The summed E-state index contributed by atoms with van der Waals surface area (Å²) in [6.45, 7) is 0.447. The van der Waals surface area contributed by atoms with Gasteiger partial charge in [-0.1, -0.05) is 47.6 Å². The average molecular weight is 295 g/mol. The van der Waals surface area contributed by atoms with Crippen LogP contribution in [0.25, 0.3) is 11.3 Å². The quantitative estimate of drug-likeness (QED) is 0.756. The van der Waals surface area contributed by atoms with E-state index >= 15 is 0 Å². The van der Waals surface area contributed by atoms with E-state index in [1.807, 2.05) is 42.5 Å². The van der Waals surface area contributed by atoms with Crippen LogP contribution in [0.1, 0.15) is 11.3 Å². The smallest absolute Gasteiger partial charge is 0.170 e. The summed E-state index contributed by atoms with van der Waals surface area (Å²) in [5.74, 6) is 1.35. The zero-order valence-electron chi connectivity index (χ0n) is 12.1. The van der Waals surface area contributed by atoms with E-state index in [2.05, 4.69) is 17.3 Å². The fraction of sp³-hybridized carbons (Fsp3) is 0.167. The molecule has 1 aromatic heterocycles. The maximum Gasteiger partial charge on any atom is 0.170 e. The summed E-state index contributed by atoms with van der Waals surface area (Å²) >= 11 is 0. The lowest BCUT2D eigenvalue weighted by Crippen LogP contribution is -2.02. The van der Waals surface area contributed by atoms with Crippen LogP contribution >= 0.6 is 0 Å². The van der Waals surface area contributed by atoms with Crippen molar-refractivity contribution in [1.29, 1.82) is 0 Å². The molecule has 0 bridgehead atoms. The molecule has 22 heavy (non-hydrogen) atoms. The van der Waals surface area contributed by atoms with Gasteiger partial charge >= 0.3 is 0 Å². The number of benzene rings is 2. The Morgan fingerprint density at radius 1 is 1.00 bits per heavy atom. The number of aliphatic hydroxyl groups is 1. The zero-order valence-corrected chi connectivity index (χ0v) is 12.1. The van der Waals surface area contributed by atoms with E-state index in [4.69, 9.17) is 14.4 Å². The van der Waals surface area contributed by atoms with Gasteiger partial charge < -0.3 is 14.4 Å². The van der Waals surface area contributed by atoms with E-state index in [9.17, 15) is 0 Å². The number of hydrogen-bond acceptors (Lipinski definition) is 4. The van der Waals surface area contributed by atoms with Crippen LogP contribution in [-0.4, -0.2) is 16.9 Å². The molecule has 112 valence electrons. The van der Waals surface area contributed by atoms with Crippen molar-refractivity contribution >= 4 is 0 Å². The molecule has 1 N–H and O–H groups in total. The molecule has 0 unspecified atom stereocenters. The van der Waals surface area contributed by atoms with Gasteiger partial charge in [0.15, 0.2) is 5.76 Å². The van der Waals surface area contributed by atoms with Crippen LogP contribution in [0, 0.1) is 0 Å².